The van der Waals surface area contributed by atoms with Crippen molar-refractivity contribution in [3.63, 3.8) is 0 Å². The van der Waals surface area contributed by atoms with Crippen LogP contribution in [0.2, 0.25) is 0 Å². The van der Waals surface area contributed by atoms with E-state index < -0.39 is 0 Å². The number of hydrogen-bond donors (Lipinski definition) is 1. The molecule has 1 amide bonds. The summed E-state index contributed by atoms with van der Waals surface area (Å²) in [6, 6.07) is 11.1. The molecule has 0 radical (unpaired) electrons. The topological polar surface area (TPSA) is 77.2 Å². The molecule has 6 nitrogen and oxygen atoms in total. The number of amides is 1. The maximum absolute atomic E-state index is 12.7. The summed E-state index contributed by atoms with van der Waals surface area (Å²) in [4.78, 5) is 16.7. The zero-order valence-electron chi connectivity index (χ0n) is 15.0. The SMILES string of the molecule is Cc1noc(C(C)C)c1C(=O)Nc1cccc(OCc2cccnc2)c1. The van der Waals surface area contributed by atoms with Crippen LogP contribution in [0.5, 0.6) is 5.75 Å². The molecule has 0 fully saturated rings. The van der Waals surface area contributed by atoms with Crippen molar-refractivity contribution < 1.29 is 14.1 Å². The molecule has 1 aromatic carbocycles. The normalized spacial score (nSPS) is 10.8. The van der Waals surface area contributed by atoms with Crippen LogP contribution in [-0.4, -0.2) is 16.0 Å². The van der Waals surface area contributed by atoms with E-state index in [2.05, 4.69) is 15.5 Å². The van der Waals surface area contributed by atoms with Gasteiger partial charge < -0.3 is 14.6 Å². The van der Waals surface area contributed by atoms with Gasteiger partial charge in [0.15, 0.2) is 5.76 Å². The molecule has 0 spiro atoms. The third kappa shape index (κ3) is 4.08. The van der Waals surface area contributed by atoms with Crippen LogP contribution in [0.1, 0.15) is 47.1 Å². The van der Waals surface area contributed by atoms with E-state index in [-0.39, 0.29) is 11.8 Å². The molecule has 0 bridgehead atoms. The molecule has 6 heteroatoms. The van der Waals surface area contributed by atoms with Crippen molar-refractivity contribution >= 4 is 11.6 Å². The van der Waals surface area contributed by atoms with Gasteiger partial charge in [-0.15, -0.1) is 0 Å². The summed E-state index contributed by atoms with van der Waals surface area (Å²) in [6.07, 6.45) is 3.48. The van der Waals surface area contributed by atoms with Crippen molar-refractivity contribution in [1.82, 2.24) is 10.1 Å². The minimum atomic E-state index is -0.239. The minimum absolute atomic E-state index is 0.0751. The summed E-state index contributed by atoms with van der Waals surface area (Å²) in [6.45, 7) is 6.10. The quantitative estimate of drug-likeness (QED) is 0.715. The molecule has 2 heterocycles. The Kier molecular flexibility index (Phi) is 5.31. The Labute approximate surface area is 152 Å². The number of rotatable bonds is 6. The molecule has 3 rings (SSSR count). The van der Waals surface area contributed by atoms with E-state index in [0.29, 0.717) is 35.1 Å². The second-order valence-electron chi connectivity index (χ2n) is 6.29. The Bertz CT molecular complexity index is 888. The lowest BCUT2D eigenvalue weighted by Gasteiger charge is -2.10. The van der Waals surface area contributed by atoms with Crippen LogP contribution < -0.4 is 10.1 Å². The van der Waals surface area contributed by atoms with Crippen molar-refractivity contribution in [2.24, 2.45) is 0 Å². The molecule has 2 aromatic heterocycles. The highest BCUT2D eigenvalue weighted by Gasteiger charge is 2.22. The summed E-state index contributed by atoms with van der Waals surface area (Å²) in [5.41, 5.74) is 2.69. The van der Waals surface area contributed by atoms with E-state index in [1.807, 2.05) is 44.2 Å². The highest BCUT2D eigenvalue weighted by molar-refractivity contribution is 6.05. The Hall–Kier alpha value is -3.15. The largest absolute Gasteiger partial charge is 0.489 e. The number of nitrogens with one attached hydrogen (secondary N) is 1. The van der Waals surface area contributed by atoms with E-state index >= 15 is 0 Å². The van der Waals surface area contributed by atoms with Gasteiger partial charge in [-0.2, -0.15) is 0 Å². The predicted octanol–water partition coefficient (Wildman–Crippen LogP) is 4.33. The van der Waals surface area contributed by atoms with Crippen molar-refractivity contribution in [3.8, 4) is 5.75 Å². The number of nitrogens with zero attached hydrogens (tertiary/aromatic N) is 2. The second-order valence-corrected chi connectivity index (χ2v) is 6.29. The molecule has 0 aliphatic rings. The lowest BCUT2D eigenvalue weighted by Crippen LogP contribution is -2.14. The molecule has 1 N–H and O–H groups in total. The van der Waals surface area contributed by atoms with Crippen LogP contribution in [-0.2, 0) is 6.61 Å². The zero-order valence-corrected chi connectivity index (χ0v) is 15.0. The summed E-state index contributed by atoms with van der Waals surface area (Å²) in [5, 5.41) is 6.80. The van der Waals surface area contributed by atoms with Crippen molar-refractivity contribution in [1.29, 1.82) is 0 Å². The number of aryl methyl sites for hydroxylation is 1. The van der Waals surface area contributed by atoms with Gasteiger partial charge in [0, 0.05) is 35.6 Å². The lowest BCUT2D eigenvalue weighted by molar-refractivity contribution is 0.102. The molecular formula is C20H21N3O3. The molecule has 0 saturated heterocycles. The molecule has 26 heavy (non-hydrogen) atoms. The lowest BCUT2D eigenvalue weighted by atomic mass is 10.0. The second kappa shape index (κ2) is 7.82. The molecule has 0 aliphatic carbocycles. The van der Waals surface area contributed by atoms with E-state index in [9.17, 15) is 4.79 Å². The fourth-order valence-electron chi connectivity index (χ4n) is 2.56. The van der Waals surface area contributed by atoms with Crippen LogP contribution in [0.25, 0.3) is 0 Å². The maximum Gasteiger partial charge on any atom is 0.261 e. The van der Waals surface area contributed by atoms with Crippen molar-refractivity contribution in [2.75, 3.05) is 5.32 Å². The number of anilines is 1. The Morgan fingerprint density at radius 3 is 2.85 bits per heavy atom. The molecule has 0 aliphatic heterocycles. The van der Waals surface area contributed by atoms with E-state index in [0.717, 1.165) is 5.56 Å². The summed E-state index contributed by atoms with van der Waals surface area (Å²) >= 11 is 0. The van der Waals surface area contributed by atoms with E-state index in [1.54, 1.807) is 25.4 Å². The number of hydrogen-bond acceptors (Lipinski definition) is 5. The first-order valence-corrected chi connectivity index (χ1v) is 8.44. The van der Waals surface area contributed by atoms with Gasteiger partial charge in [-0.25, -0.2) is 0 Å². The van der Waals surface area contributed by atoms with Crippen LogP contribution in [0, 0.1) is 6.92 Å². The first-order chi connectivity index (χ1) is 12.5. The zero-order chi connectivity index (χ0) is 18.5. The maximum atomic E-state index is 12.7. The number of carbonyl (C=O) groups is 1. The molecule has 0 unspecified atom stereocenters. The fourth-order valence-corrected chi connectivity index (χ4v) is 2.56. The standard InChI is InChI=1S/C20H21N3O3/c1-13(2)19-18(14(3)23-26-19)20(24)22-16-7-4-8-17(10-16)25-12-15-6-5-9-21-11-15/h4-11,13H,12H2,1-3H3,(H,22,24). The molecule has 3 aromatic rings. The average Bonchev–Trinajstić information content (AvgIpc) is 3.03. The van der Waals surface area contributed by atoms with Crippen LogP contribution in [0.15, 0.2) is 53.3 Å². The first kappa shape index (κ1) is 17.7. The molecule has 0 atom stereocenters. The highest BCUT2D eigenvalue weighted by Crippen LogP contribution is 2.24. The number of ether oxygens (including phenoxy) is 1. The van der Waals surface area contributed by atoms with Gasteiger partial charge in [0.05, 0.1) is 5.69 Å². The van der Waals surface area contributed by atoms with Gasteiger partial charge in [-0.1, -0.05) is 31.1 Å². The molecular weight excluding hydrogens is 330 g/mol. The number of benzene rings is 1. The number of carbonyl (C=O) groups excluding carboxylic acids is 1. The average molecular weight is 351 g/mol. The van der Waals surface area contributed by atoms with Crippen molar-refractivity contribution in [3.05, 3.63) is 71.4 Å². The highest BCUT2D eigenvalue weighted by atomic mass is 16.5. The van der Waals surface area contributed by atoms with Crippen molar-refractivity contribution in [2.45, 2.75) is 33.3 Å². The monoisotopic (exact) mass is 351 g/mol. The van der Waals surface area contributed by atoms with Gasteiger partial charge in [0.25, 0.3) is 5.91 Å². The minimum Gasteiger partial charge on any atom is -0.489 e. The summed E-state index contributed by atoms with van der Waals surface area (Å²) in [7, 11) is 0. The van der Waals surface area contributed by atoms with Crippen LogP contribution >= 0.6 is 0 Å². The van der Waals surface area contributed by atoms with E-state index in [1.165, 1.54) is 0 Å². The van der Waals surface area contributed by atoms with E-state index in [4.69, 9.17) is 9.26 Å². The third-order valence-electron chi connectivity index (χ3n) is 3.86. The fraction of sp³-hybridized carbons (Fsp3) is 0.250. The third-order valence-corrected chi connectivity index (χ3v) is 3.86. The summed E-state index contributed by atoms with van der Waals surface area (Å²) < 4.78 is 11.1. The predicted molar refractivity (Wildman–Crippen MR) is 98.3 cm³/mol. The molecule has 0 saturated carbocycles. The first-order valence-electron chi connectivity index (χ1n) is 8.44. The Morgan fingerprint density at radius 2 is 2.12 bits per heavy atom. The van der Waals surface area contributed by atoms with Crippen LogP contribution in [0.3, 0.4) is 0 Å². The van der Waals surface area contributed by atoms with Crippen LogP contribution in [0.4, 0.5) is 5.69 Å². The Morgan fingerprint density at radius 1 is 1.27 bits per heavy atom. The Balaban J connectivity index is 1.71. The smallest absolute Gasteiger partial charge is 0.261 e. The molecule has 134 valence electrons. The van der Waals surface area contributed by atoms with Gasteiger partial charge in [-0.05, 0) is 25.1 Å². The van der Waals surface area contributed by atoms with Gasteiger partial charge in [-0.3, -0.25) is 9.78 Å². The number of aromatic nitrogens is 2. The van der Waals surface area contributed by atoms with Gasteiger partial charge >= 0.3 is 0 Å². The number of pyridine rings is 1. The van der Waals surface area contributed by atoms with Gasteiger partial charge in [0.1, 0.15) is 17.9 Å². The summed E-state index contributed by atoms with van der Waals surface area (Å²) in [5.74, 6) is 1.09. The van der Waals surface area contributed by atoms with Gasteiger partial charge in [0.2, 0.25) is 0 Å².